The van der Waals surface area contributed by atoms with Gasteiger partial charge in [0.15, 0.2) is 23.7 Å². The zero-order valence-corrected chi connectivity index (χ0v) is 24.1. The van der Waals surface area contributed by atoms with E-state index in [1.807, 2.05) is 0 Å². The van der Waals surface area contributed by atoms with Crippen molar-refractivity contribution in [2.45, 2.75) is 70.7 Å². The summed E-state index contributed by atoms with van der Waals surface area (Å²) in [5.41, 5.74) is 0.418. The predicted molar refractivity (Wildman–Crippen MR) is 150 cm³/mol. The summed E-state index contributed by atoms with van der Waals surface area (Å²) < 4.78 is 101. The largest absolute Gasteiger partial charge is 0.429 e. The van der Waals surface area contributed by atoms with Crippen LogP contribution in [-0.4, -0.2) is 13.2 Å². The minimum absolute atomic E-state index is 0.187. The van der Waals surface area contributed by atoms with Gasteiger partial charge in [-0.3, -0.25) is 0 Å². The Hall–Kier alpha value is -3.04. The number of hydrogen-bond donors (Lipinski definition) is 0. The van der Waals surface area contributed by atoms with E-state index in [9.17, 15) is 22.0 Å². The van der Waals surface area contributed by atoms with Gasteiger partial charge >= 0.3 is 6.11 Å². The third-order valence-electron chi connectivity index (χ3n) is 8.70. The van der Waals surface area contributed by atoms with Crippen molar-refractivity contribution in [3.63, 3.8) is 0 Å². The Bertz CT molecular complexity index is 1340. The molecule has 0 bridgehead atoms. The fraction of sp³-hybridized carbons (Fsp3) is 0.471. The summed E-state index contributed by atoms with van der Waals surface area (Å²) in [5, 5.41) is 0. The molecule has 2 aliphatic rings. The molecule has 1 saturated heterocycles. The first-order valence-electron chi connectivity index (χ1n) is 15.0. The fourth-order valence-corrected chi connectivity index (χ4v) is 6.17. The molecule has 3 aromatic rings. The van der Waals surface area contributed by atoms with E-state index in [1.54, 1.807) is 6.07 Å². The van der Waals surface area contributed by atoms with E-state index < -0.39 is 47.0 Å². The topological polar surface area (TPSA) is 27.7 Å². The quantitative estimate of drug-likeness (QED) is 0.131. The molecule has 2 fully saturated rings. The average Bonchev–Trinajstić information content (AvgIpc) is 3.00. The van der Waals surface area contributed by atoms with Crippen LogP contribution in [0.4, 0.5) is 26.3 Å². The second-order valence-electron chi connectivity index (χ2n) is 11.7. The third-order valence-corrected chi connectivity index (χ3v) is 8.70. The molecule has 0 amide bonds. The van der Waals surface area contributed by atoms with Gasteiger partial charge in [-0.15, -0.1) is 0 Å². The highest BCUT2D eigenvalue weighted by atomic mass is 19.3. The summed E-state index contributed by atoms with van der Waals surface area (Å²) in [6, 6.07) is 9.82. The number of halogens is 6. The zero-order valence-electron chi connectivity index (χ0n) is 24.1. The van der Waals surface area contributed by atoms with Crippen molar-refractivity contribution in [1.82, 2.24) is 0 Å². The van der Waals surface area contributed by atoms with Gasteiger partial charge in [0.1, 0.15) is 11.6 Å². The molecule has 1 saturated carbocycles. The first-order valence-corrected chi connectivity index (χ1v) is 15.0. The molecule has 1 aliphatic heterocycles. The van der Waals surface area contributed by atoms with Crippen molar-refractivity contribution < 1.29 is 40.6 Å². The van der Waals surface area contributed by atoms with Crippen LogP contribution in [0.15, 0.2) is 54.6 Å². The highest BCUT2D eigenvalue weighted by molar-refractivity contribution is 5.65. The van der Waals surface area contributed by atoms with E-state index in [4.69, 9.17) is 9.47 Å². The Labute approximate surface area is 248 Å². The summed E-state index contributed by atoms with van der Waals surface area (Å²) in [7, 11) is 0. The van der Waals surface area contributed by atoms with Gasteiger partial charge in [0.25, 0.3) is 0 Å². The molecule has 1 aliphatic carbocycles. The van der Waals surface area contributed by atoms with Gasteiger partial charge in [-0.25, -0.2) is 17.6 Å². The van der Waals surface area contributed by atoms with Gasteiger partial charge in [0, 0.05) is 29.2 Å². The first-order chi connectivity index (χ1) is 20.6. The van der Waals surface area contributed by atoms with Crippen molar-refractivity contribution in [3.8, 4) is 16.9 Å². The molecule has 0 aromatic heterocycles. The van der Waals surface area contributed by atoms with Crippen molar-refractivity contribution in [2.24, 2.45) is 17.8 Å². The second kappa shape index (κ2) is 13.7. The minimum Gasteiger partial charge on any atom is -0.429 e. The van der Waals surface area contributed by atoms with Crippen LogP contribution in [0.1, 0.15) is 75.7 Å². The number of hydrogen-bond acceptors (Lipinski definition) is 3. The van der Waals surface area contributed by atoms with Crippen molar-refractivity contribution in [2.75, 3.05) is 13.2 Å². The molecule has 0 unspecified atom stereocenters. The van der Waals surface area contributed by atoms with Gasteiger partial charge in [-0.1, -0.05) is 69.7 Å². The van der Waals surface area contributed by atoms with Gasteiger partial charge < -0.3 is 14.2 Å². The van der Waals surface area contributed by atoms with Crippen LogP contribution in [0.3, 0.4) is 0 Å². The maximum atomic E-state index is 15.2. The van der Waals surface area contributed by atoms with Gasteiger partial charge in [-0.05, 0) is 48.4 Å². The highest BCUT2D eigenvalue weighted by Gasteiger charge is 2.36. The third kappa shape index (κ3) is 7.55. The molecule has 232 valence electrons. The number of unbranched alkanes of at least 4 members (excludes halogenated alkanes) is 2. The maximum Gasteiger partial charge on any atom is 0.426 e. The summed E-state index contributed by atoms with van der Waals surface area (Å²) in [4.78, 5) is 0. The summed E-state index contributed by atoms with van der Waals surface area (Å²) in [6.07, 6.45) is 5.47. The number of benzene rings is 3. The minimum atomic E-state index is -3.99. The van der Waals surface area contributed by atoms with Crippen molar-refractivity contribution in [1.29, 1.82) is 0 Å². The Morgan fingerprint density at radius 2 is 1.42 bits per heavy atom. The Morgan fingerprint density at radius 3 is 2.02 bits per heavy atom. The van der Waals surface area contributed by atoms with Crippen LogP contribution in [0.2, 0.25) is 0 Å². The Morgan fingerprint density at radius 1 is 0.767 bits per heavy atom. The van der Waals surface area contributed by atoms with Crippen LogP contribution >= 0.6 is 0 Å². The molecule has 0 spiro atoms. The lowest BCUT2D eigenvalue weighted by atomic mass is 9.74. The summed E-state index contributed by atoms with van der Waals surface area (Å²) >= 11 is 0. The average molecular weight is 607 g/mol. The standard InChI is InChI=1S/C34H36F6O3/c1-2-3-4-5-21-6-8-22(9-7-21)25-19-41-33(42-20-25)24-12-15-28(29(35)16-24)23-10-13-26(14-11-23)34(39,40)43-27-17-30(36)32(38)31(37)18-27/h10-18,21-22,25,33H,2-9,19-20H2,1H3. The molecule has 43 heavy (non-hydrogen) atoms. The molecule has 0 atom stereocenters. The smallest absolute Gasteiger partial charge is 0.426 e. The fourth-order valence-electron chi connectivity index (χ4n) is 6.17. The summed E-state index contributed by atoms with van der Waals surface area (Å²) in [6.45, 7) is 3.36. The Balaban J connectivity index is 1.16. The van der Waals surface area contributed by atoms with Crippen LogP contribution in [0.5, 0.6) is 5.75 Å². The number of ether oxygens (including phenoxy) is 3. The molecule has 3 aromatic carbocycles. The molecule has 0 N–H and O–H groups in total. The predicted octanol–water partition coefficient (Wildman–Crippen LogP) is 10.1. The molecule has 3 nitrogen and oxygen atoms in total. The van der Waals surface area contributed by atoms with Gasteiger partial charge in [0.2, 0.25) is 0 Å². The highest BCUT2D eigenvalue weighted by Crippen LogP contribution is 2.40. The second-order valence-corrected chi connectivity index (χ2v) is 11.7. The van der Waals surface area contributed by atoms with Gasteiger partial charge in [0.05, 0.1) is 18.8 Å². The zero-order chi connectivity index (χ0) is 30.6. The molecule has 5 rings (SSSR count). The number of rotatable bonds is 10. The monoisotopic (exact) mass is 606 g/mol. The van der Waals surface area contributed by atoms with Crippen molar-refractivity contribution in [3.05, 3.63) is 89.0 Å². The van der Waals surface area contributed by atoms with E-state index in [0.29, 0.717) is 48.3 Å². The molecular formula is C34H36F6O3. The van der Waals surface area contributed by atoms with Gasteiger partial charge in [-0.2, -0.15) is 8.78 Å². The van der Waals surface area contributed by atoms with Crippen LogP contribution in [0, 0.1) is 41.0 Å². The lowest BCUT2D eigenvalue weighted by Gasteiger charge is -2.38. The van der Waals surface area contributed by atoms with E-state index in [1.165, 1.54) is 75.6 Å². The lowest BCUT2D eigenvalue weighted by Crippen LogP contribution is -2.34. The Kier molecular flexibility index (Phi) is 10.0. The van der Waals surface area contributed by atoms with E-state index in [0.717, 1.165) is 18.1 Å². The van der Waals surface area contributed by atoms with Crippen LogP contribution < -0.4 is 4.74 Å². The molecule has 0 radical (unpaired) electrons. The first kappa shape index (κ1) is 31.4. The number of alkyl halides is 2. The van der Waals surface area contributed by atoms with Crippen molar-refractivity contribution >= 4 is 0 Å². The maximum absolute atomic E-state index is 15.2. The normalized spacial score (nSPS) is 22.9. The molecular weight excluding hydrogens is 570 g/mol. The van der Waals surface area contributed by atoms with E-state index in [2.05, 4.69) is 11.7 Å². The SMILES string of the molecule is CCCCCC1CCC(C2COC(c3ccc(-c4ccc(C(F)(F)Oc5cc(F)c(F)c(F)c5)cc4)c(F)c3)OC2)CC1. The molecule has 1 heterocycles. The van der Waals surface area contributed by atoms with E-state index >= 15 is 4.39 Å². The van der Waals surface area contributed by atoms with Crippen LogP contribution in [0.25, 0.3) is 11.1 Å². The lowest BCUT2D eigenvalue weighted by molar-refractivity contribution is -0.214. The molecule has 9 heteroatoms. The van der Waals surface area contributed by atoms with Crippen LogP contribution in [-0.2, 0) is 15.6 Å². The van der Waals surface area contributed by atoms with E-state index in [-0.39, 0.29) is 5.56 Å². The summed E-state index contributed by atoms with van der Waals surface area (Å²) in [5.74, 6) is -4.79.